The van der Waals surface area contributed by atoms with Crippen LogP contribution in [0.3, 0.4) is 0 Å². The number of benzene rings is 2. The highest BCUT2D eigenvalue weighted by atomic mass is 16.5. The number of hydrogen-bond donors (Lipinski definition) is 1. The Morgan fingerprint density at radius 2 is 1.61 bits per heavy atom. The zero-order valence-corrected chi connectivity index (χ0v) is 13.8. The molecular formula is C19H22N2O2. The zero-order chi connectivity index (χ0) is 16.4. The van der Waals surface area contributed by atoms with Crippen LogP contribution in [0.25, 0.3) is 22.2 Å². The van der Waals surface area contributed by atoms with Gasteiger partial charge in [-0.1, -0.05) is 0 Å². The third-order valence-corrected chi connectivity index (χ3v) is 4.24. The Kier molecular flexibility index (Phi) is 4.26. The van der Waals surface area contributed by atoms with E-state index in [4.69, 9.17) is 15.2 Å². The van der Waals surface area contributed by atoms with Gasteiger partial charge in [0.25, 0.3) is 0 Å². The van der Waals surface area contributed by atoms with Gasteiger partial charge in [0.05, 0.1) is 25.4 Å². The van der Waals surface area contributed by atoms with Crippen LogP contribution in [-0.4, -0.2) is 25.3 Å². The highest BCUT2D eigenvalue weighted by Crippen LogP contribution is 2.35. The van der Waals surface area contributed by atoms with Gasteiger partial charge in [0.2, 0.25) is 0 Å². The predicted octanol–water partition coefficient (Wildman–Crippen LogP) is 3.59. The fraction of sp³-hybridized carbons (Fsp3) is 0.263. The number of nitrogens with two attached hydrogens (primary N) is 1. The molecule has 4 nitrogen and oxygen atoms in total. The maximum atomic E-state index is 5.85. The second-order valence-electron chi connectivity index (χ2n) is 5.53. The molecule has 2 N–H and O–H groups in total. The highest BCUT2D eigenvalue weighted by molar-refractivity contribution is 5.92. The molecule has 0 spiro atoms. The molecule has 3 aromatic rings. The number of aromatic nitrogens is 1. The molecule has 120 valence electrons. The number of rotatable bonds is 5. The lowest BCUT2D eigenvalue weighted by Gasteiger charge is -2.11. The Morgan fingerprint density at radius 3 is 2.22 bits per heavy atom. The van der Waals surface area contributed by atoms with Gasteiger partial charge in [-0.15, -0.1) is 0 Å². The molecule has 4 heteroatoms. The zero-order valence-electron chi connectivity index (χ0n) is 13.8. The molecule has 0 unspecified atom stereocenters. The van der Waals surface area contributed by atoms with Gasteiger partial charge in [0.1, 0.15) is 11.5 Å². The van der Waals surface area contributed by atoms with Crippen molar-refractivity contribution >= 4 is 10.9 Å². The van der Waals surface area contributed by atoms with E-state index in [-0.39, 0.29) is 0 Å². The van der Waals surface area contributed by atoms with E-state index in [9.17, 15) is 0 Å². The van der Waals surface area contributed by atoms with Crippen LogP contribution in [-0.2, 0) is 6.54 Å². The van der Waals surface area contributed by atoms with Gasteiger partial charge in [-0.05, 0) is 54.4 Å². The fourth-order valence-corrected chi connectivity index (χ4v) is 3.11. The van der Waals surface area contributed by atoms with Crippen molar-refractivity contribution in [3.63, 3.8) is 0 Å². The van der Waals surface area contributed by atoms with Crippen LogP contribution < -0.4 is 15.2 Å². The number of nitrogens with zero attached hydrogens (tertiary/aromatic N) is 1. The molecular weight excluding hydrogens is 288 g/mol. The average Bonchev–Trinajstić information content (AvgIpc) is 2.87. The summed E-state index contributed by atoms with van der Waals surface area (Å²) in [4.78, 5) is 0. The van der Waals surface area contributed by atoms with Crippen molar-refractivity contribution in [2.24, 2.45) is 5.73 Å². The van der Waals surface area contributed by atoms with Crippen molar-refractivity contribution in [2.45, 2.75) is 13.5 Å². The number of hydrogen-bond acceptors (Lipinski definition) is 3. The van der Waals surface area contributed by atoms with Crippen molar-refractivity contribution in [1.82, 2.24) is 4.57 Å². The molecule has 0 atom stereocenters. The quantitative estimate of drug-likeness (QED) is 0.783. The first-order valence-electron chi connectivity index (χ1n) is 7.71. The molecule has 0 aliphatic carbocycles. The van der Waals surface area contributed by atoms with Crippen LogP contribution in [0, 0.1) is 6.92 Å². The van der Waals surface area contributed by atoms with E-state index in [0.29, 0.717) is 6.54 Å². The summed E-state index contributed by atoms with van der Waals surface area (Å²) < 4.78 is 12.9. The van der Waals surface area contributed by atoms with Crippen LogP contribution in [0.2, 0.25) is 0 Å². The maximum Gasteiger partial charge on any atom is 0.120 e. The smallest absolute Gasteiger partial charge is 0.120 e. The summed E-state index contributed by atoms with van der Waals surface area (Å²) in [6.45, 7) is 3.50. The standard InChI is InChI=1S/C19H22N2O2/c1-13-17-9-8-16(23-3)12-18(17)21(11-10-20)19(13)14-4-6-15(22-2)7-5-14/h4-9,12H,10-11,20H2,1-3H3. The molecule has 0 saturated carbocycles. The van der Waals surface area contributed by atoms with Crippen LogP contribution in [0.4, 0.5) is 0 Å². The molecule has 0 bridgehead atoms. The minimum Gasteiger partial charge on any atom is -0.497 e. The van der Waals surface area contributed by atoms with E-state index >= 15 is 0 Å². The van der Waals surface area contributed by atoms with Gasteiger partial charge in [0.15, 0.2) is 0 Å². The Morgan fingerprint density at radius 1 is 0.957 bits per heavy atom. The lowest BCUT2D eigenvalue weighted by Crippen LogP contribution is -2.11. The van der Waals surface area contributed by atoms with E-state index in [1.165, 1.54) is 16.6 Å². The number of ether oxygens (including phenoxy) is 2. The molecule has 0 radical (unpaired) electrons. The van der Waals surface area contributed by atoms with Gasteiger partial charge < -0.3 is 19.8 Å². The van der Waals surface area contributed by atoms with Crippen molar-refractivity contribution in [1.29, 1.82) is 0 Å². The summed E-state index contributed by atoms with van der Waals surface area (Å²) >= 11 is 0. The van der Waals surface area contributed by atoms with Gasteiger partial charge in [-0.3, -0.25) is 0 Å². The van der Waals surface area contributed by atoms with Gasteiger partial charge in [-0.2, -0.15) is 0 Å². The van der Waals surface area contributed by atoms with E-state index in [1.807, 2.05) is 18.2 Å². The van der Waals surface area contributed by atoms with Gasteiger partial charge >= 0.3 is 0 Å². The molecule has 1 heterocycles. The van der Waals surface area contributed by atoms with Crippen molar-refractivity contribution in [2.75, 3.05) is 20.8 Å². The van der Waals surface area contributed by atoms with E-state index in [2.05, 4.69) is 35.8 Å². The third kappa shape index (κ3) is 2.66. The summed E-state index contributed by atoms with van der Waals surface area (Å²) in [7, 11) is 3.37. The fourth-order valence-electron chi connectivity index (χ4n) is 3.11. The van der Waals surface area contributed by atoms with E-state index in [0.717, 1.165) is 29.1 Å². The SMILES string of the molecule is COc1ccc(-c2c(C)c3ccc(OC)cc3n2CCN)cc1. The minimum absolute atomic E-state index is 0.587. The highest BCUT2D eigenvalue weighted by Gasteiger charge is 2.16. The van der Waals surface area contributed by atoms with Crippen LogP contribution in [0.1, 0.15) is 5.56 Å². The minimum atomic E-state index is 0.587. The molecule has 1 aromatic heterocycles. The Labute approximate surface area is 136 Å². The molecule has 3 rings (SSSR count). The van der Waals surface area contributed by atoms with Gasteiger partial charge in [-0.25, -0.2) is 0 Å². The summed E-state index contributed by atoms with van der Waals surface area (Å²) in [5, 5.41) is 1.23. The molecule has 0 aliphatic heterocycles. The van der Waals surface area contributed by atoms with Crippen molar-refractivity contribution < 1.29 is 9.47 Å². The third-order valence-electron chi connectivity index (χ3n) is 4.24. The molecule has 0 saturated heterocycles. The first-order chi connectivity index (χ1) is 11.2. The predicted molar refractivity (Wildman–Crippen MR) is 94.3 cm³/mol. The first-order valence-corrected chi connectivity index (χ1v) is 7.71. The lowest BCUT2D eigenvalue weighted by molar-refractivity contribution is 0.415. The summed E-state index contributed by atoms with van der Waals surface area (Å²) in [5.41, 5.74) is 10.6. The second-order valence-corrected chi connectivity index (χ2v) is 5.53. The normalized spacial score (nSPS) is 11.0. The Bertz CT molecular complexity index is 819. The molecule has 2 aromatic carbocycles. The monoisotopic (exact) mass is 310 g/mol. The average molecular weight is 310 g/mol. The molecule has 23 heavy (non-hydrogen) atoms. The Hall–Kier alpha value is -2.46. The van der Waals surface area contributed by atoms with E-state index in [1.54, 1.807) is 14.2 Å². The number of fused-ring (bicyclic) bond motifs is 1. The van der Waals surface area contributed by atoms with Crippen LogP contribution >= 0.6 is 0 Å². The van der Waals surface area contributed by atoms with Crippen LogP contribution in [0.5, 0.6) is 11.5 Å². The molecule has 0 aliphatic rings. The van der Waals surface area contributed by atoms with E-state index < -0.39 is 0 Å². The summed E-state index contributed by atoms with van der Waals surface area (Å²) in [5.74, 6) is 1.71. The van der Waals surface area contributed by atoms with Crippen LogP contribution in [0.15, 0.2) is 42.5 Å². The molecule has 0 amide bonds. The number of methoxy groups -OCH3 is 2. The second kappa shape index (κ2) is 6.34. The first kappa shape index (κ1) is 15.4. The Balaban J connectivity index is 2.25. The summed E-state index contributed by atoms with van der Waals surface area (Å²) in [6.07, 6.45) is 0. The number of aryl methyl sites for hydroxylation is 1. The van der Waals surface area contributed by atoms with Crippen molar-refractivity contribution in [3.8, 4) is 22.8 Å². The van der Waals surface area contributed by atoms with Crippen molar-refractivity contribution in [3.05, 3.63) is 48.0 Å². The maximum absolute atomic E-state index is 5.85. The topological polar surface area (TPSA) is 49.4 Å². The largest absolute Gasteiger partial charge is 0.497 e. The summed E-state index contributed by atoms with van der Waals surface area (Å²) in [6, 6.07) is 14.3. The lowest BCUT2D eigenvalue weighted by atomic mass is 10.1. The van der Waals surface area contributed by atoms with Gasteiger partial charge in [0, 0.05) is 24.5 Å². The molecule has 0 fully saturated rings.